The van der Waals surface area contributed by atoms with Crippen LogP contribution < -0.4 is 5.32 Å². The van der Waals surface area contributed by atoms with E-state index in [9.17, 15) is 14.0 Å². The predicted octanol–water partition coefficient (Wildman–Crippen LogP) is 2.29. The van der Waals surface area contributed by atoms with Crippen molar-refractivity contribution in [2.24, 2.45) is 7.05 Å². The van der Waals surface area contributed by atoms with Crippen LogP contribution in [0, 0.1) is 19.7 Å². The Bertz CT molecular complexity index is 738. The molecular formula is C17H20FN3O3. The molecule has 0 atom stereocenters. The fraction of sp³-hybridized carbons (Fsp3) is 0.353. The molecule has 1 aromatic heterocycles. The first kappa shape index (κ1) is 17.7. The summed E-state index contributed by atoms with van der Waals surface area (Å²) in [6.45, 7) is 3.28. The number of anilines is 1. The first-order chi connectivity index (χ1) is 11.4. The number of carbonyl (C=O) groups is 2. The van der Waals surface area contributed by atoms with E-state index >= 15 is 0 Å². The molecule has 0 saturated heterocycles. The van der Waals surface area contributed by atoms with Gasteiger partial charge in [-0.25, -0.2) is 4.39 Å². The number of rotatable bonds is 6. The van der Waals surface area contributed by atoms with Crippen molar-refractivity contribution in [2.45, 2.75) is 26.7 Å². The van der Waals surface area contributed by atoms with E-state index in [1.54, 1.807) is 30.8 Å². The van der Waals surface area contributed by atoms with E-state index in [1.165, 1.54) is 12.1 Å². The SMILES string of the molecule is Cc1nn(C)c(C)c1NC(=O)COC(=O)CCc1ccc(F)cc1. The molecule has 128 valence electrons. The summed E-state index contributed by atoms with van der Waals surface area (Å²) in [5, 5.41) is 6.89. The van der Waals surface area contributed by atoms with Gasteiger partial charge in [0.25, 0.3) is 5.91 Å². The highest BCUT2D eigenvalue weighted by molar-refractivity contribution is 5.93. The lowest BCUT2D eigenvalue weighted by atomic mass is 10.1. The number of benzene rings is 1. The van der Waals surface area contributed by atoms with Crippen LogP contribution in [-0.4, -0.2) is 28.3 Å². The van der Waals surface area contributed by atoms with Crippen molar-refractivity contribution < 1.29 is 18.7 Å². The Balaban J connectivity index is 1.76. The lowest BCUT2D eigenvalue weighted by molar-refractivity contribution is -0.147. The molecule has 0 spiro atoms. The van der Waals surface area contributed by atoms with Gasteiger partial charge < -0.3 is 10.1 Å². The molecule has 1 N–H and O–H groups in total. The number of hydrogen-bond donors (Lipinski definition) is 1. The van der Waals surface area contributed by atoms with E-state index in [4.69, 9.17) is 4.74 Å². The largest absolute Gasteiger partial charge is 0.456 e. The lowest BCUT2D eigenvalue weighted by Crippen LogP contribution is -2.21. The van der Waals surface area contributed by atoms with Crippen molar-refractivity contribution in [1.29, 1.82) is 0 Å². The minimum absolute atomic E-state index is 0.129. The second-order valence-corrected chi connectivity index (χ2v) is 5.50. The van der Waals surface area contributed by atoms with E-state index in [0.717, 1.165) is 11.3 Å². The molecule has 24 heavy (non-hydrogen) atoms. The Kier molecular flexibility index (Phi) is 5.68. The smallest absolute Gasteiger partial charge is 0.306 e. The summed E-state index contributed by atoms with van der Waals surface area (Å²) >= 11 is 0. The average Bonchev–Trinajstić information content (AvgIpc) is 2.78. The first-order valence-electron chi connectivity index (χ1n) is 7.57. The highest BCUT2D eigenvalue weighted by Gasteiger charge is 2.14. The standard InChI is InChI=1S/C17H20FN3O3/c1-11-17(12(2)21(3)20-11)19-15(22)10-24-16(23)9-6-13-4-7-14(18)8-5-13/h4-5,7-8H,6,9-10H2,1-3H3,(H,19,22). The number of halogens is 1. The van der Waals surface area contributed by atoms with Crippen LogP contribution in [0.15, 0.2) is 24.3 Å². The Hall–Kier alpha value is -2.70. The molecule has 1 aromatic carbocycles. The lowest BCUT2D eigenvalue weighted by Gasteiger charge is -2.07. The van der Waals surface area contributed by atoms with E-state index < -0.39 is 11.9 Å². The second kappa shape index (κ2) is 7.72. The van der Waals surface area contributed by atoms with E-state index in [2.05, 4.69) is 10.4 Å². The van der Waals surface area contributed by atoms with Crippen LogP contribution in [0.2, 0.25) is 0 Å². The minimum Gasteiger partial charge on any atom is -0.456 e. The molecule has 2 rings (SSSR count). The molecule has 7 heteroatoms. The Labute approximate surface area is 139 Å². The maximum absolute atomic E-state index is 12.8. The quantitative estimate of drug-likeness (QED) is 0.823. The Morgan fingerprint density at radius 2 is 1.92 bits per heavy atom. The monoisotopic (exact) mass is 333 g/mol. The Morgan fingerprint density at radius 1 is 1.25 bits per heavy atom. The van der Waals surface area contributed by atoms with Crippen LogP contribution in [0.5, 0.6) is 0 Å². The molecular weight excluding hydrogens is 313 g/mol. The zero-order valence-corrected chi connectivity index (χ0v) is 13.9. The summed E-state index contributed by atoms with van der Waals surface area (Å²) in [6, 6.07) is 5.91. The number of carbonyl (C=O) groups excluding carboxylic acids is 2. The van der Waals surface area contributed by atoms with Crippen LogP contribution in [-0.2, 0) is 27.8 Å². The minimum atomic E-state index is -0.478. The Morgan fingerprint density at radius 3 is 2.50 bits per heavy atom. The first-order valence-corrected chi connectivity index (χ1v) is 7.57. The summed E-state index contributed by atoms with van der Waals surface area (Å²) in [7, 11) is 1.79. The molecule has 0 aliphatic rings. The maximum Gasteiger partial charge on any atom is 0.306 e. The summed E-state index contributed by atoms with van der Waals surface area (Å²) in [5.41, 5.74) is 2.98. The van der Waals surface area contributed by atoms with Crippen LogP contribution >= 0.6 is 0 Å². The van der Waals surface area contributed by atoms with Crippen LogP contribution in [0.3, 0.4) is 0 Å². The zero-order chi connectivity index (χ0) is 17.7. The third-order valence-corrected chi connectivity index (χ3v) is 3.67. The molecule has 0 radical (unpaired) electrons. The summed E-state index contributed by atoms with van der Waals surface area (Å²) < 4.78 is 19.4. The van der Waals surface area contributed by atoms with Gasteiger partial charge in [0, 0.05) is 13.5 Å². The number of aryl methyl sites for hydroxylation is 3. The molecule has 0 aliphatic heterocycles. The molecule has 0 saturated carbocycles. The van der Waals surface area contributed by atoms with Gasteiger partial charge in [-0.2, -0.15) is 5.10 Å². The molecule has 0 fully saturated rings. The van der Waals surface area contributed by atoms with Crippen molar-refractivity contribution in [3.8, 4) is 0 Å². The van der Waals surface area contributed by atoms with Crippen LogP contribution in [0.1, 0.15) is 23.4 Å². The highest BCUT2D eigenvalue weighted by Crippen LogP contribution is 2.18. The van der Waals surface area contributed by atoms with Crippen LogP contribution in [0.4, 0.5) is 10.1 Å². The predicted molar refractivity (Wildman–Crippen MR) is 87.0 cm³/mol. The van der Waals surface area contributed by atoms with E-state index in [-0.39, 0.29) is 18.8 Å². The normalized spacial score (nSPS) is 10.5. The van der Waals surface area contributed by atoms with Gasteiger partial charge in [0.1, 0.15) is 5.82 Å². The number of nitrogens with one attached hydrogen (secondary N) is 1. The molecule has 2 aromatic rings. The fourth-order valence-corrected chi connectivity index (χ4v) is 2.25. The summed E-state index contributed by atoms with van der Waals surface area (Å²) in [4.78, 5) is 23.6. The van der Waals surface area contributed by atoms with Gasteiger partial charge in [0.2, 0.25) is 0 Å². The molecule has 0 unspecified atom stereocenters. The summed E-state index contributed by atoms with van der Waals surface area (Å²) in [6.07, 6.45) is 0.561. The average molecular weight is 333 g/mol. The topological polar surface area (TPSA) is 73.2 Å². The summed E-state index contributed by atoms with van der Waals surface area (Å²) in [5.74, 6) is -1.21. The third kappa shape index (κ3) is 4.65. The molecule has 1 heterocycles. The number of amides is 1. The van der Waals surface area contributed by atoms with Gasteiger partial charge in [-0.05, 0) is 38.0 Å². The van der Waals surface area contributed by atoms with E-state index in [0.29, 0.717) is 17.8 Å². The number of hydrogen-bond acceptors (Lipinski definition) is 4. The van der Waals surface area contributed by atoms with E-state index in [1.807, 2.05) is 6.92 Å². The molecule has 1 amide bonds. The molecule has 0 aliphatic carbocycles. The maximum atomic E-state index is 12.8. The highest BCUT2D eigenvalue weighted by atomic mass is 19.1. The number of aromatic nitrogens is 2. The van der Waals surface area contributed by atoms with Crippen molar-refractivity contribution in [2.75, 3.05) is 11.9 Å². The van der Waals surface area contributed by atoms with Gasteiger partial charge in [0.15, 0.2) is 6.61 Å². The fourth-order valence-electron chi connectivity index (χ4n) is 2.25. The van der Waals surface area contributed by atoms with Gasteiger partial charge in [-0.15, -0.1) is 0 Å². The number of nitrogens with zero attached hydrogens (tertiary/aromatic N) is 2. The molecule has 0 bridgehead atoms. The second-order valence-electron chi connectivity index (χ2n) is 5.50. The van der Waals surface area contributed by atoms with Gasteiger partial charge >= 0.3 is 5.97 Å². The van der Waals surface area contributed by atoms with Gasteiger partial charge in [-0.1, -0.05) is 12.1 Å². The zero-order valence-electron chi connectivity index (χ0n) is 13.9. The van der Waals surface area contributed by atoms with Crippen molar-refractivity contribution in [3.63, 3.8) is 0 Å². The van der Waals surface area contributed by atoms with Crippen LogP contribution in [0.25, 0.3) is 0 Å². The van der Waals surface area contributed by atoms with Crippen molar-refractivity contribution in [1.82, 2.24) is 9.78 Å². The van der Waals surface area contributed by atoms with Gasteiger partial charge in [0.05, 0.1) is 17.1 Å². The molecule has 6 nitrogen and oxygen atoms in total. The third-order valence-electron chi connectivity index (χ3n) is 3.67. The van der Waals surface area contributed by atoms with Gasteiger partial charge in [-0.3, -0.25) is 14.3 Å². The number of esters is 1. The van der Waals surface area contributed by atoms with Crippen molar-refractivity contribution in [3.05, 3.63) is 47.0 Å². The van der Waals surface area contributed by atoms with Crippen molar-refractivity contribution >= 4 is 17.6 Å². The number of ether oxygens (including phenoxy) is 1.